The fraction of sp³-hybridized carbons (Fsp3) is 0.667. The summed E-state index contributed by atoms with van der Waals surface area (Å²) in [6.07, 6.45) is 1.12. The minimum Gasteiger partial charge on any atom is -0.380 e. The molecule has 0 aliphatic heterocycles. The van der Waals surface area contributed by atoms with Crippen molar-refractivity contribution in [3.63, 3.8) is 0 Å². The zero-order valence-electron chi connectivity index (χ0n) is 9.88. The summed E-state index contributed by atoms with van der Waals surface area (Å²) in [5, 5.41) is 3.46. The molecule has 1 aromatic rings. The second-order valence-electron chi connectivity index (χ2n) is 3.43. The fourth-order valence-corrected chi connectivity index (χ4v) is 2.51. The highest BCUT2D eigenvalue weighted by Gasteiger charge is 2.12. The van der Waals surface area contributed by atoms with E-state index in [9.17, 15) is 0 Å². The predicted molar refractivity (Wildman–Crippen MR) is 66.6 cm³/mol. The SMILES string of the molecule is CCNC(COCC)c1ccc(CC)s1. The molecular formula is C12H21NOS. The van der Waals surface area contributed by atoms with E-state index in [1.165, 1.54) is 9.75 Å². The van der Waals surface area contributed by atoms with Gasteiger partial charge in [0.1, 0.15) is 0 Å². The van der Waals surface area contributed by atoms with Crippen LogP contribution < -0.4 is 5.32 Å². The van der Waals surface area contributed by atoms with Crippen LogP contribution in [0.15, 0.2) is 12.1 Å². The number of rotatable bonds is 7. The van der Waals surface area contributed by atoms with Crippen molar-refractivity contribution in [1.82, 2.24) is 5.32 Å². The van der Waals surface area contributed by atoms with Gasteiger partial charge in [-0.2, -0.15) is 0 Å². The molecule has 1 N–H and O–H groups in total. The van der Waals surface area contributed by atoms with E-state index in [-0.39, 0.29) is 0 Å². The van der Waals surface area contributed by atoms with Crippen molar-refractivity contribution in [2.45, 2.75) is 33.2 Å². The second kappa shape index (κ2) is 6.99. The zero-order valence-corrected chi connectivity index (χ0v) is 10.7. The molecule has 1 aromatic heterocycles. The van der Waals surface area contributed by atoms with E-state index in [2.05, 4.69) is 31.3 Å². The molecule has 1 heterocycles. The van der Waals surface area contributed by atoms with E-state index in [0.29, 0.717) is 6.04 Å². The Labute approximate surface area is 96.7 Å². The molecule has 1 rings (SSSR count). The molecule has 15 heavy (non-hydrogen) atoms. The Morgan fingerprint density at radius 2 is 2.13 bits per heavy atom. The van der Waals surface area contributed by atoms with Crippen molar-refractivity contribution < 1.29 is 4.74 Å². The first-order valence-electron chi connectivity index (χ1n) is 5.71. The number of nitrogens with one attached hydrogen (secondary N) is 1. The lowest BCUT2D eigenvalue weighted by atomic mass is 10.2. The molecule has 1 atom stereocenters. The van der Waals surface area contributed by atoms with Gasteiger partial charge in [0.2, 0.25) is 0 Å². The number of thiophene rings is 1. The number of hydrogen-bond acceptors (Lipinski definition) is 3. The molecule has 0 aliphatic carbocycles. The van der Waals surface area contributed by atoms with Gasteiger partial charge in [-0.1, -0.05) is 13.8 Å². The Morgan fingerprint density at radius 1 is 1.33 bits per heavy atom. The summed E-state index contributed by atoms with van der Waals surface area (Å²) >= 11 is 1.89. The summed E-state index contributed by atoms with van der Waals surface area (Å²) < 4.78 is 5.49. The van der Waals surface area contributed by atoms with Crippen LogP contribution in [0.25, 0.3) is 0 Å². The van der Waals surface area contributed by atoms with Gasteiger partial charge >= 0.3 is 0 Å². The van der Waals surface area contributed by atoms with Gasteiger partial charge in [0.15, 0.2) is 0 Å². The smallest absolute Gasteiger partial charge is 0.0669 e. The first-order chi connectivity index (χ1) is 7.31. The summed E-state index contributed by atoms with van der Waals surface area (Å²) in [5.74, 6) is 0. The van der Waals surface area contributed by atoms with Crippen molar-refractivity contribution in [1.29, 1.82) is 0 Å². The van der Waals surface area contributed by atoms with Gasteiger partial charge in [0.25, 0.3) is 0 Å². The molecule has 0 radical (unpaired) electrons. The minimum atomic E-state index is 0.361. The molecule has 0 fully saturated rings. The van der Waals surface area contributed by atoms with Crippen molar-refractivity contribution in [3.8, 4) is 0 Å². The number of likely N-dealkylation sites (N-methyl/N-ethyl adjacent to an activating group) is 1. The van der Waals surface area contributed by atoms with Crippen LogP contribution in [0.3, 0.4) is 0 Å². The Kier molecular flexibility index (Phi) is 5.91. The topological polar surface area (TPSA) is 21.3 Å². The van der Waals surface area contributed by atoms with Crippen molar-refractivity contribution in [3.05, 3.63) is 21.9 Å². The van der Waals surface area contributed by atoms with Crippen LogP contribution in [0.2, 0.25) is 0 Å². The summed E-state index contributed by atoms with van der Waals surface area (Å²) in [6.45, 7) is 8.90. The zero-order chi connectivity index (χ0) is 11.1. The molecule has 0 aromatic carbocycles. The number of hydrogen-bond donors (Lipinski definition) is 1. The largest absolute Gasteiger partial charge is 0.380 e. The van der Waals surface area contributed by atoms with Crippen LogP contribution in [0.4, 0.5) is 0 Å². The quantitative estimate of drug-likeness (QED) is 0.773. The average molecular weight is 227 g/mol. The van der Waals surface area contributed by atoms with Gasteiger partial charge in [-0.05, 0) is 32.0 Å². The maximum absolute atomic E-state index is 5.49. The minimum absolute atomic E-state index is 0.361. The van der Waals surface area contributed by atoms with E-state index < -0.39 is 0 Å². The third kappa shape index (κ3) is 3.93. The van der Waals surface area contributed by atoms with Crippen LogP contribution in [-0.4, -0.2) is 19.8 Å². The van der Waals surface area contributed by atoms with E-state index in [4.69, 9.17) is 4.74 Å². The standard InChI is InChI=1S/C12H21NOS/c1-4-10-7-8-12(15-10)11(13-5-2)9-14-6-3/h7-8,11,13H,4-6,9H2,1-3H3. The molecule has 0 saturated heterocycles. The number of ether oxygens (including phenoxy) is 1. The van der Waals surface area contributed by atoms with E-state index in [0.717, 1.165) is 26.2 Å². The average Bonchev–Trinajstić information content (AvgIpc) is 2.72. The first kappa shape index (κ1) is 12.7. The van der Waals surface area contributed by atoms with Crippen LogP contribution >= 0.6 is 11.3 Å². The highest BCUT2D eigenvalue weighted by atomic mass is 32.1. The highest BCUT2D eigenvalue weighted by molar-refractivity contribution is 7.12. The second-order valence-corrected chi connectivity index (χ2v) is 4.63. The summed E-state index contributed by atoms with van der Waals surface area (Å²) in [7, 11) is 0. The van der Waals surface area contributed by atoms with Crippen LogP contribution in [0, 0.1) is 0 Å². The summed E-state index contributed by atoms with van der Waals surface area (Å²) in [4.78, 5) is 2.84. The van der Waals surface area contributed by atoms with Crippen LogP contribution in [-0.2, 0) is 11.2 Å². The van der Waals surface area contributed by atoms with E-state index in [1.807, 2.05) is 18.3 Å². The monoisotopic (exact) mass is 227 g/mol. The Morgan fingerprint density at radius 3 is 2.67 bits per heavy atom. The maximum Gasteiger partial charge on any atom is 0.0669 e. The fourth-order valence-electron chi connectivity index (χ4n) is 1.50. The van der Waals surface area contributed by atoms with Crippen molar-refractivity contribution in [2.24, 2.45) is 0 Å². The molecule has 2 nitrogen and oxygen atoms in total. The van der Waals surface area contributed by atoms with Gasteiger partial charge < -0.3 is 10.1 Å². The Balaban J connectivity index is 2.60. The van der Waals surface area contributed by atoms with E-state index >= 15 is 0 Å². The Bertz CT molecular complexity index is 272. The molecular weight excluding hydrogens is 206 g/mol. The summed E-state index contributed by atoms with van der Waals surface area (Å²) in [6, 6.07) is 4.80. The normalized spacial score (nSPS) is 13.0. The lowest BCUT2D eigenvalue weighted by Gasteiger charge is -2.15. The molecule has 0 saturated carbocycles. The lowest BCUT2D eigenvalue weighted by molar-refractivity contribution is 0.124. The third-order valence-corrected chi connectivity index (χ3v) is 3.66. The lowest BCUT2D eigenvalue weighted by Crippen LogP contribution is -2.24. The first-order valence-corrected chi connectivity index (χ1v) is 6.53. The molecule has 0 amide bonds. The van der Waals surface area contributed by atoms with Crippen molar-refractivity contribution in [2.75, 3.05) is 19.8 Å². The highest BCUT2D eigenvalue weighted by Crippen LogP contribution is 2.23. The predicted octanol–water partition coefficient (Wildman–Crippen LogP) is 3.00. The van der Waals surface area contributed by atoms with Crippen LogP contribution in [0.1, 0.15) is 36.6 Å². The van der Waals surface area contributed by atoms with Gasteiger partial charge in [-0.15, -0.1) is 11.3 Å². The Hall–Kier alpha value is -0.380. The van der Waals surface area contributed by atoms with Crippen LogP contribution in [0.5, 0.6) is 0 Å². The molecule has 0 bridgehead atoms. The van der Waals surface area contributed by atoms with Gasteiger partial charge in [-0.25, -0.2) is 0 Å². The molecule has 86 valence electrons. The molecule has 0 aliphatic rings. The van der Waals surface area contributed by atoms with E-state index in [1.54, 1.807) is 0 Å². The molecule has 0 spiro atoms. The summed E-state index contributed by atoms with van der Waals surface area (Å²) in [5.41, 5.74) is 0. The van der Waals surface area contributed by atoms with Gasteiger partial charge in [-0.3, -0.25) is 0 Å². The number of aryl methyl sites for hydroxylation is 1. The van der Waals surface area contributed by atoms with Gasteiger partial charge in [0, 0.05) is 16.4 Å². The van der Waals surface area contributed by atoms with Crippen molar-refractivity contribution >= 4 is 11.3 Å². The molecule has 1 unspecified atom stereocenters. The maximum atomic E-state index is 5.49. The molecule has 3 heteroatoms. The van der Waals surface area contributed by atoms with Gasteiger partial charge in [0.05, 0.1) is 12.6 Å². The third-order valence-electron chi connectivity index (χ3n) is 2.31.